The van der Waals surface area contributed by atoms with E-state index < -0.39 is 16.2 Å². The molecule has 2 aromatic rings. The molecule has 0 unspecified atom stereocenters. The van der Waals surface area contributed by atoms with E-state index in [1.54, 1.807) is 0 Å². The maximum absolute atomic E-state index is 11.9. The standard InChI is InChI=1S/C11H13N5O3S/c1-2-5-12-11-14-13-9(20-11)7-15-6-3-4-8(10(15)17)16(18)19/h3-4,6H,2,5,7H2,1H3,(H,12,14). The molecular weight excluding hydrogens is 282 g/mol. The third kappa shape index (κ3) is 3.18. The van der Waals surface area contributed by atoms with Crippen LogP contribution in [0.3, 0.4) is 0 Å². The van der Waals surface area contributed by atoms with Crippen LogP contribution in [0.25, 0.3) is 0 Å². The number of nitrogens with zero attached hydrogens (tertiary/aromatic N) is 4. The average Bonchev–Trinajstić information content (AvgIpc) is 2.86. The van der Waals surface area contributed by atoms with Crippen LogP contribution in [0.4, 0.5) is 10.8 Å². The first-order chi connectivity index (χ1) is 9.61. The Morgan fingerprint density at radius 3 is 3.00 bits per heavy atom. The van der Waals surface area contributed by atoms with Gasteiger partial charge in [-0.2, -0.15) is 0 Å². The van der Waals surface area contributed by atoms with E-state index in [4.69, 9.17) is 0 Å². The molecule has 0 aromatic carbocycles. The van der Waals surface area contributed by atoms with E-state index in [9.17, 15) is 14.9 Å². The van der Waals surface area contributed by atoms with Gasteiger partial charge in [-0.25, -0.2) is 0 Å². The molecule has 0 radical (unpaired) electrons. The van der Waals surface area contributed by atoms with Crippen LogP contribution >= 0.6 is 11.3 Å². The molecule has 2 aromatic heterocycles. The summed E-state index contributed by atoms with van der Waals surface area (Å²) >= 11 is 1.33. The van der Waals surface area contributed by atoms with Crippen LogP contribution in [-0.2, 0) is 6.54 Å². The summed E-state index contributed by atoms with van der Waals surface area (Å²) in [5, 5.41) is 23.0. The SMILES string of the molecule is CCCNc1nnc(Cn2cccc([N+](=O)[O-])c2=O)s1. The Hall–Kier alpha value is -2.29. The highest BCUT2D eigenvalue weighted by Crippen LogP contribution is 2.16. The van der Waals surface area contributed by atoms with Crippen LogP contribution in [0.15, 0.2) is 23.1 Å². The lowest BCUT2D eigenvalue weighted by Crippen LogP contribution is -2.22. The molecule has 0 saturated carbocycles. The summed E-state index contributed by atoms with van der Waals surface area (Å²) in [5.74, 6) is 0. The van der Waals surface area contributed by atoms with E-state index in [1.807, 2.05) is 6.92 Å². The van der Waals surface area contributed by atoms with Crippen molar-refractivity contribution in [1.82, 2.24) is 14.8 Å². The minimum absolute atomic E-state index is 0.173. The Bertz CT molecular complexity index is 666. The van der Waals surface area contributed by atoms with Crippen LogP contribution < -0.4 is 10.9 Å². The predicted molar refractivity (Wildman–Crippen MR) is 75.1 cm³/mol. The van der Waals surface area contributed by atoms with E-state index in [-0.39, 0.29) is 6.54 Å². The molecule has 9 heteroatoms. The summed E-state index contributed by atoms with van der Waals surface area (Å²) in [5.41, 5.74) is -1.09. The van der Waals surface area contributed by atoms with E-state index in [1.165, 1.54) is 34.2 Å². The number of nitro groups is 1. The first kappa shape index (κ1) is 14.1. The summed E-state index contributed by atoms with van der Waals surface area (Å²) in [6, 6.07) is 2.66. The summed E-state index contributed by atoms with van der Waals surface area (Å²) in [6.45, 7) is 3.01. The summed E-state index contributed by atoms with van der Waals surface area (Å²) in [7, 11) is 0. The Kier molecular flexibility index (Phi) is 4.41. The molecule has 0 aliphatic heterocycles. The number of hydrogen-bond acceptors (Lipinski definition) is 7. The average molecular weight is 295 g/mol. The topological polar surface area (TPSA) is 103 Å². The number of nitrogens with one attached hydrogen (secondary N) is 1. The van der Waals surface area contributed by atoms with Crippen LogP contribution in [0.2, 0.25) is 0 Å². The molecule has 0 saturated heterocycles. The van der Waals surface area contributed by atoms with Crippen LogP contribution in [-0.4, -0.2) is 26.2 Å². The van der Waals surface area contributed by atoms with E-state index in [0.29, 0.717) is 10.1 Å². The fraction of sp³-hybridized carbons (Fsp3) is 0.364. The summed E-state index contributed by atoms with van der Waals surface area (Å²) in [4.78, 5) is 21.9. The molecule has 0 spiro atoms. The van der Waals surface area contributed by atoms with Gasteiger partial charge in [0.1, 0.15) is 5.01 Å². The van der Waals surface area contributed by atoms with Crippen molar-refractivity contribution in [3.63, 3.8) is 0 Å². The number of aromatic nitrogens is 3. The lowest BCUT2D eigenvalue weighted by atomic mass is 10.4. The van der Waals surface area contributed by atoms with Gasteiger partial charge in [-0.15, -0.1) is 10.2 Å². The molecule has 20 heavy (non-hydrogen) atoms. The minimum atomic E-state index is -0.687. The number of hydrogen-bond donors (Lipinski definition) is 1. The zero-order chi connectivity index (χ0) is 14.5. The number of anilines is 1. The van der Waals surface area contributed by atoms with Crippen LogP contribution in [0.5, 0.6) is 0 Å². The lowest BCUT2D eigenvalue weighted by Gasteiger charge is -2.01. The number of rotatable bonds is 6. The number of pyridine rings is 1. The Morgan fingerprint density at radius 2 is 2.30 bits per heavy atom. The molecule has 0 atom stereocenters. The third-order valence-electron chi connectivity index (χ3n) is 2.50. The van der Waals surface area contributed by atoms with Crippen LogP contribution in [0.1, 0.15) is 18.4 Å². The highest BCUT2D eigenvalue weighted by atomic mass is 32.1. The van der Waals surface area contributed by atoms with Crippen molar-refractivity contribution in [1.29, 1.82) is 0 Å². The molecule has 2 heterocycles. The molecule has 106 valence electrons. The molecule has 1 N–H and O–H groups in total. The highest BCUT2D eigenvalue weighted by Gasteiger charge is 2.14. The second-order valence-electron chi connectivity index (χ2n) is 4.01. The Labute approximate surface area is 118 Å². The van der Waals surface area contributed by atoms with Gasteiger partial charge in [-0.05, 0) is 12.5 Å². The van der Waals surface area contributed by atoms with Gasteiger partial charge in [-0.3, -0.25) is 14.9 Å². The molecule has 8 nitrogen and oxygen atoms in total. The van der Waals surface area contributed by atoms with Crippen molar-refractivity contribution < 1.29 is 4.92 Å². The fourth-order valence-corrected chi connectivity index (χ4v) is 2.32. The third-order valence-corrected chi connectivity index (χ3v) is 3.36. The van der Waals surface area contributed by atoms with Gasteiger partial charge in [0, 0.05) is 18.8 Å². The van der Waals surface area contributed by atoms with Gasteiger partial charge in [0.25, 0.3) is 0 Å². The highest BCUT2D eigenvalue weighted by molar-refractivity contribution is 7.15. The van der Waals surface area contributed by atoms with Gasteiger partial charge in [0.2, 0.25) is 5.13 Å². The van der Waals surface area contributed by atoms with E-state index in [2.05, 4.69) is 15.5 Å². The molecule has 0 aliphatic rings. The molecule has 0 fully saturated rings. The van der Waals surface area contributed by atoms with Gasteiger partial charge in [0.15, 0.2) is 0 Å². The normalized spacial score (nSPS) is 10.4. The smallest absolute Gasteiger partial charge is 0.334 e. The monoisotopic (exact) mass is 295 g/mol. The predicted octanol–water partition coefficient (Wildman–Crippen LogP) is 1.48. The Balaban J connectivity index is 2.18. The molecule has 0 aliphatic carbocycles. The van der Waals surface area contributed by atoms with Crippen molar-refractivity contribution in [2.75, 3.05) is 11.9 Å². The van der Waals surface area contributed by atoms with Crippen molar-refractivity contribution in [3.05, 3.63) is 43.8 Å². The first-order valence-electron chi connectivity index (χ1n) is 6.02. The molecule has 2 rings (SSSR count). The maximum Gasteiger partial charge on any atom is 0.334 e. The van der Waals surface area contributed by atoms with E-state index in [0.717, 1.165) is 13.0 Å². The molecular formula is C11H13N5O3S. The Morgan fingerprint density at radius 1 is 1.50 bits per heavy atom. The second-order valence-corrected chi connectivity index (χ2v) is 5.07. The largest absolute Gasteiger partial charge is 0.360 e. The van der Waals surface area contributed by atoms with Gasteiger partial charge >= 0.3 is 11.2 Å². The van der Waals surface area contributed by atoms with Crippen molar-refractivity contribution in [2.45, 2.75) is 19.9 Å². The maximum atomic E-state index is 11.9. The summed E-state index contributed by atoms with van der Waals surface area (Å²) in [6.07, 6.45) is 2.47. The fourth-order valence-electron chi connectivity index (χ4n) is 1.55. The van der Waals surface area contributed by atoms with Gasteiger partial charge in [0.05, 0.1) is 11.5 Å². The zero-order valence-electron chi connectivity index (χ0n) is 10.8. The molecule has 0 amide bonds. The first-order valence-corrected chi connectivity index (χ1v) is 6.83. The lowest BCUT2D eigenvalue weighted by molar-refractivity contribution is -0.386. The quantitative estimate of drug-likeness (QED) is 0.639. The van der Waals surface area contributed by atoms with Crippen molar-refractivity contribution >= 4 is 22.2 Å². The van der Waals surface area contributed by atoms with Crippen LogP contribution in [0, 0.1) is 10.1 Å². The zero-order valence-corrected chi connectivity index (χ0v) is 11.6. The van der Waals surface area contributed by atoms with Crippen molar-refractivity contribution in [3.8, 4) is 0 Å². The second kappa shape index (κ2) is 6.24. The summed E-state index contributed by atoms with van der Waals surface area (Å²) < 4.78 is 1.25. The van der Waals surface area contributed by atoms with Gasteiger partial charge < -0.3 is 9.88 Å². The molecule has 0 bridgehead atoms. The van der Waals surface area contributed by atoms with E-state index >= 15 is 0 Å². The minimum Gasteiger partial charge on any atom is -0.360 e. The van der Waals surface area contributed by atoms with Gasteiger partial charge in [-0.1, -0.05) is 18.3 Å². The van der Waals surface area contributed by atoms with Crippen molar-refractivity contribution in [2.24, 2.45) is 0 Å².